The van der Waals surface area contributed by atoms with Crippen molar-refractivity contribution in [1.82, 2.24) is 24.9 Å². The van der Waals surface area contributed by atoms with Crippen LogP contribution in [0.1, 0.15) is 54.0 Å². The summed E-state index contributed by atoms with van der Waals surface area (Å²) in [6.45, 7) is 5.98. The number of amides is 3. The summed E-state index contributed by atoms with van der Waals surface area (Å²) in [6.07, 6.45) is -0.746. The molecule has 2 aromatic carbocycles. The lowest BCUT2D eigenvalue weighted by Crippen LogP contribution is -2.49. The quantitative estimate of drug-likeness (QED) is 0.307. The van der Waals surface area contributed by atoms with Crippen LogP contribution < -0.4 is 10.6 Å². The summed E-state index contributed by atoms with van der Waals surface area (Å²) in [5.74, 6) is -0.486. The van der Waals surface area contributed by atoms with Gasteiger partial charge in [0.2, 0.25) is 0 Å². The molecule has 2 N–H and O–H groups in total. The Hall–Kier alpha value is -4.78. The molecular weight excluding hydrogens is 530 g/mol. The minimum atomic E-state index is -1.01. The van der Waals surface area contributed by atoms with E-state index in [0.29, 0.717) is 17.8 Å². The van der Waals surface area contributed by atoms with Gasteiger partial charge in [-0.2, -0.15) is 4.68 Å². The SMILES string of the molecule is CCOC(=O)n1nc(NC(=O)c2ccc([N+](=O)[O-])cc2)c2c1C(C)(C)N(C(=O)N[C@H](CN(C)C)c1ccccc1)C2. The van der Waals surface area contributed by atoms with Crippen LogP contribution in [-0.4, -0.2) is 69.8 Å². The van der Waals surface area contributed by atoms with Gasteiger partial charge in [0.05, 0.1) is 35.3 Å². The number of nitrogens with zero attached hydrogens (tertiary/aromatic N) is 5. The number of anilines is 1. The predicted octanol–water partition coefficient (Wildman–Crippen LogP) is 4.11. The lowest BCUT2D eigenvalue weighted by molar-refractivity contribution is -0.384. The molecule has 13 heteroatoms. The fraction of sp³-hybridized carbons (Fsp3) is 0.357. The lowest BCUT2D eigenvalue weighted by Gasteiger charge is -2.34. The van der Waals surface area contributed by atoms with E-state index in [9.17, 15) is 24.5 Å². The molecule has 3 amide bonds. The summed E-state index contributed by atoms with van der Waals surface area (Å²) in [7, 11) is 3.84. The van der Waals surface area contributed by atoms with Crippen LogP contribution in [0.5, 0.6) is 0 Å². The molecule has 1 aromatic heterocycles. The second kappa shape index (κ2) is 11.8. The van der Waals surface area contributed by atoms with Crippen molar-refractivity contribution in [3.8, 4) is 0 Å². The molecule has 0 unspecified atom stereocenters. The number of urea groups is 1. The number of fused-ring (bicyclic) bond motifs is 1. The third-order valence-corrected chi connectivity index (χ3v) is 6.86. The number of hydrogen-bond acceptors (Lipinski definition) is 8. The van der Waals surface area contributed by atoms with Gasteiger partial charge in [0.15, 0.2) is 5.82 Å². The van der Waals surface area contributed by atoms with E-state index in [2.05, 4.69) is 15.7 Å². The lowest BCUT2D eigenvalue weighted by atomic mass is 10.0. The standard InChI is InChI=1S/C28H33N7O6/c1-6-41-27(38)34-23-21(24(31-34)30-25(36)19-12-14-20(15-13-19)35(39)40)16-33(28(23,2)3)26(37)29-22(17-32(4)5)18-10-8-7-9-11-18/h7-15,22H,6,16-17H2,1-5H3,(H,29,37)(H,30,31,36)/t22-/m1/s1. The van der Waals surface area contributed by atoms with Crippen LogP contribution in [0.15, 0.2) is 54.6 Å². The van der Waals surface area contributed by atoms with Gasteiger partial charge in [0.25, 0.3) is 11.6 Å². The minimum Gasteiger partial charge on any atom is -0.448 e. The number of benzene rings is 2. The van der Waals surface area contributed by atoms with Crippen molar-refractivity contribution < 1.29 is 24.0 Å². The molecule has 1 atom stereocenters. The monoisotopic (exact) mass is 563 g/mol. The second-order valence-electron chi connectivity index (χ2n) is 10.4. The summed E-state index contributed by atoms with van der Waals surface area (Å²) in [5.41, 5.74) is 0.843. The number of nitrogens with one attached hydrogen (secondary N) is 2. The zero-order chi connectivity index (χ0) is 29.9. The molecule has 0 radical (unpaired) electrons. The summed E-state index contributed by atoms with van der Waals surface area (Å²) < 4.78 is 6.28. The van der Waals surface area contributed by atoms with E-state index in [0.717, 1.165) is 10.2 Å². The Kier molecular flexibility index (Phi) is 8.38. The van der Waals surface area contributed by atoms with Crippen molar-refractivity contribution >= 4 is 29.5 Å². The van der Waals surface area contributed by atoms with E-state index < -0.39 is 22.5 Å². The van der Waals surface area contributed by atoms with E-state index in [1.54, 1.807) is 25.7 Å². The van der Waals surface area contributed by atoms with Crippen molar-refractivity contribution in [3.05, 3.63) is 87.1 Å². The first kappa shape index (κ1) is 29.2. The first-order chi connectivity index (χ1) is 19.4. The maximum Gasteiger partial charge on any atom is 0.435 e. The third-order valence-electron chi connectivity index (χ3n) is 6.86. The normalized spacial score (nSPS) is 14.3. The molecule has 0 spiro atoms. The Labute approximate surface area is 237 Å². The molecule has 0 saturated carbocycles. The van der Waals surface area contributed by atoms with Crippen LogP contribution in [0.4, 0.5) is 21.1 Å². The molecule has 0 saturated heterocycles. The van der Waals surface area contributed by atoms with Crippen LogP contribution in [0.3, 0.4) is 0 Å². The van der Waals surface area contributed by atoms with Crippen LogP contribution in [0.2, 0.25) is 0 Å². The van der Waals surface area contributed by atoms with Gasteiger partial charge in [-0.3, -0.25) is 14.9 Å². The highest BCUT2D eigenvalue weighted by atomic mass is 16.6. The van der Waals surface area contributed by atoms with Gasteiger partial charge in [-0.05, 0) is 52.6 Å². The largest absolute Gasteiger partial charge is 0.448 e. The van der Waals surface area contributed by atoms with Gasteiger partial charge >= 0.3 is 12.1 Å². The molecule has 0 fully saturated rings. The molecular formula is C28H33N7O6. The average Bonchev–Trinajstić information content (AvgIpc) is 3.43. The fourth-order valence-electron chi connectivity index (χ4n) is 4.88. The van der Waals surface area contributed by atoms with Crippen molar-refractivity contribution in [2.24, 2.45) is 0 Å². The van der Waals surface area contributed by atoms with Crippen molar-refractivity contribution in [1.29, 1.82) is 0 Å². The Bertz CT molecular complexity index is 1450. The zero-order valence-electron chi connectivity index (χ0n) is 23.6. The van der Waals surface area contributed by atoms with Crippen molar-refractivity contribution in [2.75, 3.05) is 32.6 Å². The summed E-state index contributed by atoms with van der Waals surface area (Å²) in [4.78, 5) is 53.7. The molecule has 3 aromatic rings. The van der Waals surface area contributed by atoms with Crippen LogP contribution >= 0.6 is 0 Å². The number of nitro groups is 1. The molecule has 0 aliphatic carbocycles. The van der Waals surface area contributed by atoms with E-state index in [-0.39, 0.29) is 42.3 Å². The highest BCUT2D eigenvalue weighted by molar-refractivity contribution is 6.04. The first-order valence-corrected chi connectivity index (χ1v) is 13.1. The molecule has 1 aliphatic rings. The Morgan fingerprint density at radius 1 is 1.12 bits per heavy atom. The number of carbonyl (C=O) groups is 3. The number of hydrogen-bond donors (Lipinski definition) is 2. The molecule has 4 rings (SSSR count). The number of aromatic nitrogens is 2. The second-order valence-corrected chi connectivity index (χ2v) is 10.4. The predicted molar refractivity (Wildman–Crippen MR) is 151 cm³/mol. The highest BCUT2D eigenvalue weighted by Gasteiger charge is 2.47. The first-order valence-electron chi connectivity index (χ1n) is 13.1. The number of rotatable bonds is 8. The van der Waals surface area contributed by atoms with Crippen molar-refractivity contribution in [2.45, 2.75) is 38.9 Å². The Balaban J connectivity index is 1.65. The number of nitro benzene ring substituents is 1. The molecule has 2 heterocycles. The fourth-order valence-corrected chi connectivity index (χ4v) is 4.88. The molecule has 216 valence electrons. The third kappa shape index (κ3) is 6.04. The van der Waals surface area contributed by atoms with E-state index in [1.165, 1.54) is 24.3 Å². The van der Waals surface area contributed by atoms with Crippen LogP contribution in [0, 0.1) is 10.1 Å². The van der Waals surface area contributed by atoms with E-state index in [4.69, 9.17) is 4.74 Å². The average molecular weight is 564 g/mol. The van der Waals surface area contributed by atoms with Gasteiger partial charge in [-0.15, -0.1) is 5.10 Å². The van der Waals surface area contributed by atoms with Gasteiger partial charge in [-0.1, -0.05) is 30.3 Å². The summed E-state index contributed by atoms with van der Waals surface area (Å²) >= 11 is 0. The van der Waals surface area contributed by atoms with Gasteiger partial charge in [0.1, 0.15) is 0 Å². The minimum absolute atomic E-state index is 0.0624. The van der Waals surface area contributed by atoms with Gasteiger partial charge in [0, 0.05) is 29.8 Å². The van der Waals surface area contributed by atoms with E-state index in [1.807, 2.05) is 49.3 Å². The van der Waals surface area contributed by atoms with Gasteiger partial charge < -0.3 is 25.2 Å². The Morgan fingerprint density at radius 2 is 1.78 bits per heavy atom. The number of carbonyl (C=O) groups excluding carboxylic acids is 3. The van der Waals surface area contributed by atoms with Crippen LogP contribution in [0.25, 0.3) is 0 Å². The topological polar surface area (TPSA) is 152 Å². The zero-order valence-corrected chi connectivity index (χ0v) is 23.6. The summed E-state index contributed by atoms with van der Waals surface area (Å²) in [5, 5.41) is 21.1. The Morgan fingerprint density at radius 3 is 2.37 bits per heavy atom. The number of non-ortho nitro benzene ring substituents is 1. The van der Waals surface area contributed by atoms with Crippen molar-refractivity contribution in [3.63, 3.8) is 0 Å². The summed E-state index contributed by atoms with van der Waals surface area (Å²) in [6, 6.07) is 14.1. The molecule has 13 nitrogen and oxygen atoms in total. The van der Waals surface area contributed by atoms with E-state index >= 15 is 0 Å². The maximum absolute atomic E-state index is 13.7. The number of likely N-dealkylation sites (N-methyl/N-ethyl adjacent to an activating group) is 1. The number of ether oxygens (including phenoxy) is 1. The molecule has 1 aliphatic heterocycles. The highest BCUT2D eigenvalue weighted by Crippen LogP contribution is 2.42. The smallest absolute Gasteiger partial charge is 0.435 e. The molecule has 41 heavy (non-hydrogen) atoms. The van der Waals surface area contributed by atoms with Gasteiger partial charge in [-0.25, -0.2) is 9.59 Å². The van der Waals surface area contributed by atoms with Crippen LogP contribution in [-0.2, 0) is 16.8 Å². The molecule has 0 bridgehead atoms. The maximum atomic E-state index is 13.7.